The topological polar surface area (TPSA) is 34.5 Å². The van der Waals surface area contributed by atoms with Crippen molar-refractivity contribution in [2.45, 2.75) is 32.8 Å². The minimum atomic E-state index is -0.214. The second kappa shape index (κ2) is 4.34. The Morgan fingerprint density at radius 1 is 1.21 bits per heavy atom. The first-order valence-electron chi connectivity index (χ1n) is 6.69. The molecule has 3 rings (SSSR count). The molecule has 2 aromatic rings. The van der Waals surface area contributed by atoms with Crippen molar-refractivity contribution >= 4 is 16.5 Å². The largest absolute Gasteiger partial charge is 0.389 e. The highest BCUT2D eigenvalue weighted by Crippen LogP contribution is 2.33. The van der Waals surface area contributed by atoms with Crippen molar-refractivity contribution in [1.82, 2.24) is 4.98 Å². The van der Waals surface area contributed by atoms with E-state index in [4.69, 9.17) is 4.84 Å². The lowest BCUT2D eigenvalue weighted by Crippen LogP contribution is -2.31. The number of aromatic nitrogens is 1. The van der Waals surface area contributed by atoms with Gasteiger partial charge in [-0.3, -0.25) is 4.98 Å². The lowest BCUT2D eigenvalue weighted by atomic mass is 9.86. The summed E-state index contributed by atoms with van der Waals surface area (Å²) >= 11 is 0. The smallest absolute Gasteiger partial charge is 0.143 e. The summed E-state index contributed by atoms with van der Waals surface area (Å²) in [6.45, 7) is 6.43. The maximum atomic E-state index is 5.67. The minimum absolute atomic E-state index is 0.214. The molecule has 0 amide bonds. The number of pyridine rings is 1. The number of nitrogens with zero attached hydrogens (tertiary/aromatic N) is 2. The van der Waals surface area contributed by atoms with Gasteiger partial charge in [0.1, 0.15) is 11.3 Å². The molecule has 1 aliphatic heterocycles. The minimum Gasteiger partial charge on any atom is -0.389 e. The maximum absolute atomic E-state index is 5.67. The maximum Gasteiger partial charge on any atom is 0.143 e. The first-order chi connectivity index (χ1) is 9.10. The molecule has 1 aromatic carbocycles. The average molecular weight is 254 g/mol. The summed E-state index contributed by atoms with van der Waals surface area (Å²) in [6, 6.07) is 10.3. The van der Waals surface area contributed by atoms with Crippen LogP contribution < -0.4 is 0 Å². The van der Waals surface area contributed by atoms with E-state index in [0.717, 1.165) is 23.2 Å². The van der Waals surface area contributed by atoms with Gasteiger partial charge in [-0.2, -0.15) is 0 Å². The molecule has 98 valence electrons. The predicted molar refractivity (Wildman–Crippen MR) is 77.2 cm³/mol. The Hall–Kier alpha value is -1.90. The van der Waals surface area contributed by atoms with E-state index in [1.165, 1.54) is 5.39 Å². The SMILES string of the molecule is CC(C)C1(C)CC(c2nccc3ccccc23)=NO1. The number of hydrogen-bond donors (Lipinski definition) is 0. The molecule has 0 N–H and O–H groups in total. The van der Waals surface area contributed by atoms with Crippen LogP contribution in [0.3, 0.4) is 0 Å². The standard InChI is InChI=1S/C16H18N2O/c1-11(2)16(3)10-14(18-19-16)15-13-7-5-4-6-12(13)8-9-17-15/h4-9,11H,10H2,1-3H3. The van der Waals surface area contributed by atoms with Gasteiger partial charge in [0.05, 0.1) is 5.69 Å². The molecule has 3 heteroatoms. The third kappa shape index (κ3) is 1.99. The van der Waals surface area contributed by atoms with Gasteiger partial charge in [0.2, 0.25) is 0 Å². The zero-order valence-electron chi connectivity index (χ0n) is 11.6. The third-order valence-corrected chi connectivity index (χ3v) is 4.05. The van der Waals surface area contributed by atoms with Crippen LogP contribution >= 0.6 is 0 Å². The second-order valence-electron chi connectivity index (χ2n) is 5.65. The molecule has 0 bridgehead atoms. The van der Waals surface area contributed by atoms with Gasteiger partial charge in [0.25, 0.3) is 0 Å². The van der Waals surface area contributed by atoms with E-state index in [0.29, 0.717) is 5.92 Å². The Morgan fingerprint density at radius 2 is 2.00 bits per heavy atom. The molecule has 1 atom stereocenters. The molecule has 0 aliphatic carbocycles. The molecule has 1 aromatic heterocycles. The van der Waals surface area contributed by atoms with Gasteiger partial charge >= 0.3 is 0 Å². The molecule has 0 spiro atoms. The van der Waals surface area contributed by atoms with E-state index in [1.54, 1.807) is 0 Å². The first-order valence-corrected chi connectivity index (χ1v) is 6.69. The monoisotopic (exact) mass is 254 g/mol. The first kappa shape index (κ1) is 12.2. The van der Waals surface area contributed by atoms with Gasteiger partial charge in [0, 0.05) is 18.0 Å². The van der Waals surface area contributed by atoms with E-state index >= 15 is 0 Å². The zero-order valence-corrected chi connectivity index (χ0v) is 11.6. The molecule has 0 fully saturated rings. The van der Waals surface area contributed by atoms with Crippen molar-refractivity contribution in [3.05, 3.63) is 42.2 Å². The van der Waals surface area contributed by atoms with E-state index in [1.807, 2.05) is 24.4 Å². The van der Waals surface area contributed by atoms with Gasteiger partial charge in [-0.25, -0.2) is 0 Å². The number of hydrogen-bond acceptors (Lipinski definition) is 3. The van der Waals surface area contributed by atoms with E-state index in [2.05, 4.69) is 43.0 Å². The summed E-state index contributed by atoms with van der Waals surface area (Å²) in [5.41, 5.74) is 1.68. The molecular weight excluding hydrogens is 236 g/mol. The highest BCUT2D eigenvalue weighted by molar-refractivity contribution is 6.09. The van der Waals surface area contributed by atoms with Crippen LogP contribution in [0.4, 0.5) is 0 Å². The summed E-state index contributed by atoms with van der Waals surface area (Å²) in [5.74, 6) is 0.420. The Bertz CT molecular complexity index is 643. The van der Waals surface area contributed by atoms with Crippen LogP contribution in [0.15, 0.2) is 41.7 Å². The molecule has 0 saturated carbocycles. The summed E-state index contributed by atoms with van der Waals surface area (Å²) in [7, 11) is 0. The van der Waals surface area contributed by atoms with Crippen molar-refractivity contribution in [2.24, 2.45) is 11.1 Å². The number of benzene rings is 1. The lowest BCUT2D eigenvalue weighted by molar-refractivity contribution is -0.0384. The summed E-state index contributed by atoms with van der Waals surface area (Å²) in [4.78, 5) is 10.2. The van der Waals surface area contributed by atoms with Crippen LogP contribution in [0.2, 0.25) is 0 Å². The summed E-state index contributed by atoms with van der Waals surface area (Å²) in [6.07, 6.45) is 2.65. The molecule has 0 saturated heterocycles. The van der Waals surface area contributed by atoms with E-state index in [-0.39, 0.29) is 5.60 Å². The molecule has 19 heavy (non-hydrogen) atoms. The average Bonchev–Trinajstić information content (AvgIpc) is 2.82. The van der Waals surface area contributed by atoms with E-state index in [9.17, 15) is 0 Å². The molecular formula is C16H18N2O. The van der Waals surface area contributed by atoms with Crippen LogP contribution in [-0.2, 0) is 4.84 Å². The van der Waals surface area contributed by atoms with Crippen LogP contribution in [0.5, 0.6) is 0 Å². The van der Waals surface area contributed by atoms with Gasteiger partial charge in [-0.1, -0.05) is 43.3 Å². The van der Waals surface area contributed by atoms with Crippen molar-refractivity contribution in [3.8, 4) is 0 Å². The van der Waals surface area contributed by atoms with Crippen molar-refractivity contribution < 1.29 is 4.84 Å². The molecule has 0 radical (unpaired) electrons. The second-order valence-corrected chi connectivity index (χ2v) is 5.65. The lowest BCUT2D eigenvalue weighted by Gasteiger charge is -2.25. The van der Waals surface area contributed by atoms with Crippen molar-refractivity contribution in [1.29, 1.82) is 0 Å². The Morgan fingerprint density at radius 3 is 2.74 bits per heavy atom. The van der Waals surface area contributed by atoms with Crippen LogP contribution in [0.25, 0.3) is 10.8 Å². The van der Waals surface area contributed by atoms with Gasteiger partial charge in [-0.05, 0) is 24.3 Å². The molecule has 1 aliphatic rings. The predicted octanol–water partition coefficient (Wildman–Crippen LogP) is 3.77. The van der Waals surface area contributed by atoms with Gasteiger partial charge in [-0.15, -0.1) is 0 Å². The number of fused-ring (bicyclic) bond motifs is 1. The quantitative estimate of drug-likeness (QED) is 0.817. The van der Waals surface area contributed by atoms with Crippen molar-refractivity contribution in [3.63, 3.8) is 0 Å². The highest BCUT2D eigenvalue weighted by atomic mass is 16.7. The summed E-state index contributed by atoms with van der Waals surface area (Å²) in [5, 5.41) is 6.61. The fourth-order valence-corrected chi connectivity index (χ4v) is 2.34. The number of rotatable bonds is 2. The molecule has 1 unspecified atom stereocenters. The van der Waals surface area contributed by atoms with Gasteiger partial charge < -0.3 is 4.84 Å². The van der Waals surface area contributed by atoms with Crippen molar-refractivity contribution in [2.75, 3.05) is 0 Å². The molecule has 3 nitrogen and oxygen atoms in total. The normalized spacial score (nSPS) is 22.6. The Labute approximate surface area is 113 Å². The van der Waals surface area contributed by atoms with Gasteiger partial charge in [0.15, 0.2) is 0 Å². The van der Waals surface area contributed by atoms with E-state index < -0.39 is 0 Å². The molecule has 2 heterocycles. The van der Waals surface area contributed by atoms with Crippen LogP contribution in [-0.4, -0.2) is 16.3 Å². The van der Waals surface area contributed by atoms with Crippen LogP contribution in [0.1, 0.15) is 32.9 Å². The van der Waals surface area contributed by atoms with Crippen LogP contribution in [0, 0.1) is 5.92 Å². The fourth-order valence-electron chi connectivity index (χ4n) is 2.34. The zero-order chi connectivity index (χ0) is 13.5. The Kier molecular flexibility index (Phi) is 2.77. The highest BCUT2D eigenvalue weighted by Gasteiger charge is 2.38. The Balaban J connectivity index is 2.03. The number of oxime groups is 1. The summed E-state index contributed by atoms with van der Waals surface area (Å²) < 4.78 is 0. The fraction of sp³-hybridized carbons (Fsp3) is 0.375. The third-order valence-electron chi connectivity index (χ3n) is 4.05.